The van der Waals surface area contributed by atoms with Gasteiger partial charge in [0, 0.05) is 12.2 Å². The normalized spacial score (nSPS) is 28.1. The lowest BCUT2D eigenvalue weighted by Gasteiger charge is -2.27. The van der Waals surface area contributed by atoms with E-state index in [9.17, 15) is 4.79 Å². The highest BCUT2D eigenvalue weighted by molar-refractivity contribution is 5.96. The summed E-state index contributed by atoms with van der Waals surface area (Å²) in [7, 11) is 0. The molecule has 0 aromatic carbocycles. The van der Waals surface area contributed by atoms with Crippen LogP contribution in [0.15, 0.2) is 18.5 Å². The van der Waals surface area contributed by atoms with E-state index in [1.165, 1.54) is 0 Å². The third-order valence-electron chi connectivity index (χ3n) is 3.84. The number of aromatic nitrogens is 1. The first-order valence-electron chi connectivity index (χ1n) is 6.02. The average Bonchev–Trinajstić information content (AvgIpc) is 2.64. The van der Waals surface area contributed by atoms with Gasteiger partial charge in [-0.2, -0.15) is 0 Å². The molecular weight excluding hydrogens is 214 g/mol. The Bertz CT molecular complexity index is 432. The van der Waals surface area contributed by atoms with Gasteiger partial charge in [0.25, 0.3) is 0 Å². The van der Waals surface area contributed by atoms with Gasteiger partial charge in [-0.05, 0) is 38.3 Å². The van der Waals surface area contributed by atoms with Crippen molar-refractivity contribution >= 4 is 11.6 Å². The predicted molar refractivity (Wildman–Crippen MR) is 67.5 cm³/mol. The number of nitrogens with two attached hydrogens (primary N) is 1. The van der Waals surface area contributed by atoms with Crippen LogP contribution in [0, 0.1) is 12.3 Å². The highest BCUT2D eigenvalue weighted by atomic mass is 16.2. The maximum atomic E-state index is 12.3. The fourth-order valence-electron chi connectivity index (χ4n) is 2.34. The number of aryl methyl sites for hydroxylation is 1. The van der Waals surface area contributed by atoms with Crippen LogP contribution in [0.2, 0.25) is 0 Å². The molecule has 0 bridgehead atoms. The molecule has 3 N–H and O–H groups in total. The topological polar surface area (TPSA) is 68.0 Å². The smallest absolute Gasteiger partial charge is 0.231 e. The van der Waals surface area contributed by atoms with E-state index in [1.54, 1.807) is 12.4 Å². The Morgan fingerprint density at radius 2 is 2.41 bits per heavy atom. The van der Waals surface area contributed by atoms with Gasteiger partial charge in [-0.15, -0.1) is 0 Å². The molecule has 1 aromatic rings. The zero-order chi connectivity index (χ0) is 12.5. The van der Waals surface area contributed by atoms with Crippen LogP contribution in [0.1, 0.15) is 31.7 Å². The molecule has 1 aromatic heterocycles. The lowest BCUT2D eigenvalue weighted by Crippen LogP contribution is -2.44. The van der Waals surface area contributed by atoms with Crippen molar-refractivity contribution in [1.29, 1.82) is 0 Å². The Morgan fingerprint density at radius 1 is 1.65 bits per heavy atom. The van der Waals surface area contributed by atoms with E-state index < -0.39 is 5.41 Å². The van der Waals surface area contributed by atoms with E-state index in [0.29, 0.717) is 0 Å². The summed E-state index contributed by atoms with van der Waals surface area (Å²) in [6.45, 7) is 3.90. The minimum absolute atomic E-state index is 0.0126. The number of anilines is 1. The van der Waals surface area contributed by atoms with Crippen LogP contribution in [0.3, 0.4) is 0 Å². The number of rotatable bonds is 2. The maximum absolute atomic E-state index is 12.3. The number of hydrogen-bond acceptors (Lipinski definition) is 3. The van der Waals surface area contributed by atoms with Crippen molar-refractivity contribution in [3.8, 4) is 0 Å². The first-order chi connectivity index (χ1) is 8.04. The van der Waals surface area contributed by atoms with Gasteiger partial charge in [-0.3, -0.25) is 9.78 Å². The van der Waals surface area contributed by atoms with Gasteiger partial charge in [0.2, 0.25) is 5.91 Å². The second-order valence-corrected chi connectivity index (χ2v) is 5.06. The van der Waals surface area contributed by atoms with Crippen molar-refractivity contribution in [2.45, 2.75) is 39.2 Å². The monoisotopic (exact) mass is 233 g/mol. The van der Waals surface area contributed by atoms with E-state index >= 15 is 0 Å². The van der Waals surface area contributed by atoms with E-state index in [4.69, 9.17) is 5.73 Å². The molecule has 1 amide bonds. The van der Waals surface area contributed by atoms with E-state index in [2.05, 4.69) is 10.3 Å². The Morgan fingerprint density at radius 3 is 3.00 bits per heavy atom. The van der Waals surface area contributed by atoms with Gasteiger partial charge >= 0.3 is 0 Å². The second kappa shape index (κ2) is 4.45. The molecule has 0 saturated heterocycles. The summed E-state index contributed by atoms with van der Waals surface area (Å²) >= 11 is 0. The standard InChI is InChI=1S/C13H19N3O/c1-9-5-7-15-8-10(9)16-12(17)13(2)6-3-4-11(13)14/h5,7-8,11H,3-4,6,14H2,1-2H3,(H,16,17). The highest BCUT2D eigenvalue weighted by Crippen LogP contribution is 2.37. The molecule has 1 aliphatic carbocycles. The molecule has 2 unspecified atom stereocenters. The molecule has 0 spiro atoms. The quantitative estimate of drug-likeness (QED) is 0.819. The zero-order valence-electron chi connectivity index (χ0n) is 10.4. The third-order valence-corrected chi connectivity index (χ3v) is 3.84. The molecule has 2 atom stereocenters. The van der Waals surface area contributed by atoms with Crippen molar-refractivity contribution in [3.63, 3.8) is 0 Å². The van der Waals surface area contributed by atoms with E-state index in [-0.39, 0.29) is 11.9 Å². The number of nitrogens with one attached hydrogen (secondary N) is 1. The van der Waals surface area contributed by atoms with Crippen LogP contribution in [0.25, 0.3) is 0 Å². The van der Waals surface area contributed by atoms with Crippen molar-refractivity contribution in [2.24, 2.45) is 11.1 Å². The molecule has 1 saturated carbocycles. The third kappa shape index (κ3) is 2.17. The number of hydrogen-bond donors (Lipinski definition) is 2. The van der Waals surface area contributed by atoms with Crippen LogP contribution < -0.4 is 11.1 Å². The highest BCUT2D eigenvalue weighted by Gasteiger charge is 2.42. The molecule has 4 nitrogen and oxygen atoms in total. The van der Waals surface area contributed by atoms with Crippen molar-refractivity contribution in [2.75, 3.05) is 5.32 Å². The summed E-state index contributed by atoms with van der Waals surface area (Å²) in [6, 6.07) is 1.84. The number of amides is 1. The van der Waals surface area contributed by atoms with Gasteiger partial charge in [0.1, 0.15) is 0 Å². The van der Waals surface area contributed by atoms with Crippen LogP contribution >= 0.6 is 0 Å². The van der Waals surface area contributed by atoms with Crippen LogP contribution in [0.5, 0.6) is 0 Å². The molecule has 92 valence electrons. The average molecular weight is 233 g/mol. The SMILES string of the molecule is Cc1ccncc1NC(=O)C1(C)CCCC1N. The summed E-state index contributed by atoms with van der Waals surface area (Å²) < 4.78 is 0. The van der Waals surface area contributed by atoms with Crippen molar-refractivity contribution in [3.05, 3.63) is 24.0 Å². The largest absolute Gasteiger partial charge is 0.327 e. The molecule has 1 heterocycles. The lowest BCUT2D eigenvalue weighted by molar-refractivity contribution is -0.125. The fraction of sp³-hybridized carbons (Fsp3) is 0.538. The molecule has 1 aliphatic rings. The number of nitrogens with zero attached hydrogens (tertiary/aromatic N) is 1. The molecule has 1 fully saturated rings. The van der Waals surface area contributed by atoms with Crippen LogP contribution in [0.4, 0.5) is 5.69 Å². The molecule has 0 radical (unpaired) electrons. The second-order valence-electron chi connectivity index (χ2n) is 5.06. The van der Waals surface area contributed by atoms with Crippen molar-refractivity contribution in [1.82, 2.24) is 4.98 Å². The van der Waals surface area contributed by atoms with Gasteiger partial charge in [0.15, 0.2) is 0 Å². The molecule has 17 heavy (non-hydrogen) atoms. The van der Waals surface area contributed by atoms with Gasteiger partial charge in [0.05, 0.1) is 17.3 Å². The van der Waals surface area contributed by atoms with Gasteiger partial charge in [-0.25, -0.2) is 0 Å². The van der Waals surface area contributed by atoms with Crippen molar-refractivity contribution < 1.29 is 4.79 Å². The maximum Gasteiger partial charge on any atom is 0.231 e. The minimum Gasteiger partial charge on any atom is -0.327 e. The Hall–Kier alpha value is -1.42. The Kier molecular flexibility index (Phi) is 3.15. The summed E-state index contributed by atoms with van der Waals surface area (Å²) in [4.78, 5) is 16.3. The molecule has 2 rings (SSSR count). The number of pyridine rings is 1. The molecular formula is C13H19N3O. The molecule has 0 aliphatic heterocycles. The van der Waals surface area contributed by atoms with E-state index in [1.807, 2.05) is 19.9 Å². The summed E-state index contributed by atoms with van der Waals surface area (Å²) in [5.74, 6) is 0.0126. The Balaban J connectivity index is 2.15. The van der Waals surface area contributed by atoms with E-state index in [0.717, 1.165) is 30.5 Å². The summed E-state index contributed by atoms with van der Waals surface area (Å²) in [5, 5.41) is 2.94. The van der Waals surface area contributed by atoms with Crippen LogP contribution in [-0.2, 0) is 4.79 Å². The molecule has 4 heteroatoms. The number of carbonyl (C=O) groups excluding carboxylic acids is 1. The van der Waals surface area contributed by atoms with Crippen LogP contribution in [-0.4, -0.2) is 16.9 Å². The fourth-order valence-corrected chi connectivity index (χ4v) is 2.34. The minimum atomic E-state index is -0.442. The van der Waals surface area contributed by atoms with Gasteiger partial charge < -0.3 is 11.1 Å². The lowest BCUT2D eigenvalue weighted by atomic mass is 9.84. The zero-order valence-corrected chi connectivity index (χ0v) is 10.4. The first kappa shape index (κ1) is 12.0. The first-order valence-corrected chi connectivity index (χ1v) is 6.02. The summed E-state index contributed by atoms with van der Waals surface area (Å²) in [5.41, 5.74) is 7.38. The number of carbonyl (C=O) groups is 1. The summed E-state index contributed by atoms with van der Waals surface area (Å²) in [6.07, 6.45) is 6.21. The predicted octanol–water partition coefficient (Wildman–Crippen LogP) is 1.85. The Labute approximate surface area is 102 Å². The van der Waals surface area contributed by atoms with Gasteiger partial charge in [-0.1, -0.05) is 6.42 Å².